The first-order chi connectivity index (χ1) is 8.24. The summed E-state index contributed by atoms with van der Waals surface area (Å²) in [6, 6.07) is 6.47. The number of aliphatic hydroxyl groups is 1. The molecule has 3 nitrogen and oxygen atoms in total. The Kier molecular flexibility index (Phi) is 4.02. The smallest absolute Gasteiger partial charge is 0.0702 e. The Labute approximate surface area is 104 Å². The number of hydrogen-bond donors (Lipinski definition) is 1. The van der Waals surface area contributed by atoms with E-state index in [1.54, 1.807) is 0 Å². The van der Waals surface area contributed by atoms with Gasteiger partial charge in [0.05, 0.1) is 6.61 Å². The van der Waals surface area contributed by atoms with E-state index in [0.29, 0.717) is 0 Å². The Hall–Kier alpha value is -1.06. The molecule has 3 heteroatoms. The average molecular weight is 234 g/mol. The molecule has 1 aliphatic heterocycles. The van der Waals surface area contributed by atoms with Crippen molar-refractivity contribution in [2.45, 2.75) is 20.0 Å². The molecule has 0 radical (unpaired) electrons. The molecule has 1 aromatic rings. The summed E-state index contributed by atoms with van der Waals surface area (Å²) < 4.78 is 0. The Morgan fingerprint density at radius 2 is 1.88 bits per heavy atom. The number of aliphatic hydroxyl groups excluding tert-OH is 1. The van der Waals surface area contributed by atoms with E-state index in [4.69, 9.17) is 0 Å². The lowest BCUT2D eigenvalue weighted by Crippen LogP contribution is -2.44. The van der Waals surface area contributed by atoms with Crippen molar-refractivity contribution >= 4 is 5.69 Å². The van der Waals surface area contributed by atoms with Gasteiger partial charge >= 0.3 is 0 Å². The van der Waals surface area contributed by atoms with Crippen LogP contribution in [0, 0.1) is 0 Å². The summed E-state index contributed by atoms with van der Waals surface area (Å²) in [4.78, 5) is 4.72. The summed E-state index contributed by atoms with van der Waals surface area (Å²) in [5, 5.41) is 9.48. The van der Waals surface area contributed by atoms with Gasteiger partial charge in [-0.15, -0.1) is 0 Å². The predicted octanol–water partition coefficient (Wildman–Crippen LogP) is 1.49. The fraction of sp³-hybridized carbons (Fsp3) is 0.571. The highest BCUT2D eigenvalue weighted by atomic mass is 16.3. The van der Waals surface area contributed by atoms with E-state index in [2.05, 4.69) is 42.0 Å². The second kappa shape index (κ2) is 5.52. The van der Waals surface area contributed by atoms with Gasteiger partial charge in [0.15, 0.2) is 0 Å². The van der Waals surface area contributed by atoms with Crippen LogP contribution in [0.4, 0.5) is 5.69 Å². The van der Waals surface area contributed by atoms with Crippen molar-refractivity contribution < 1.29 is 5.11 Å². The summed E-state index contributed by atoms with van der Waals surface area (Å²) in [7, 11) is 2.16. The number of benzene rings is 1. The zero-order chi connectivity index (χ0) is 12.3. The molecule has 0 amide bonds. The first-order valence-corrected chi connectivity index (χ1v) is 6.40. The second-order valence-corrected chi connectivity index (χ2v) is 4.77. The fourth-order valence-electron chi connectivity index (χ4n) is 2.34. The maximum absolute atomic E-state index is 9.48. The van der Waals surface area contributed by atoms with E-state index in [9.17, 15) is 5.11 Å². The Morgan fingerprint density at radius 3 is 2.47 bits per heavy atom. The van der Waals surface area contributed by atoms with Gasteiger partial charge in [0, 0.05) is 37.4 Å². The standard InChI is InChI=1S/C14H22N2O/c1-3-12-4-5-14(13(10-12)11-17)16-8-6-15(2)7-9-16/h4-5,10,17H,3,6-9,11H2,1-2H3. The summed E-state index contributed by atoms with van der Waals surface area (Å²) in [5.41, 5.74) is 3.57. The molecule has 94 valence electrons. The van der Waals surface area contributed by atoms with Gasteiger partial charge in [0.25, 0.3) is 0 Å². The van der Waals surface area contributed by atoms with Crippen LogP contribution in [0.2, 0.25) is 0 Å². The van der Waals surface area contributed by atoms with E-state index >= 15 is 0 Å². The van der Waals surface area contributed by atoms with Crippen molar-refractivity contribution in [2.24, 2.45) is 0 Å². The molecule has 0 saturated carbocycles. The number of piperazine rings is 1. The third kappa shape index (κ3) is 2.79. The summed E-state index contributed by atoms with van der Waals surface area (Å²) >= 11 is 0. The van der Waals surface area contributed by atoms with Crippen LogP contribution in [0.15, 0.2) is 18.2 Å². The van der Waals surface area contributed by atoms with Crippen LogP contribution < -0.4 is 4.90 Å². The molecule has 1 N–H and O–H groups in total. The fourth-order valence-corrected chi connectivity index (χ4v) is 2.34. The molecule has 0 bridgehead atoms. The lowest BCUT2D eigenvalue weighted by Gasteiger charge is -2.35. The zero-order valence-corrected chi connectivity index (χ0v) is 10.8. The molecule has 2 rings (SSSR count). The van der Waals surface area contributed by atoms with Crippen molar-refractivity contribution in [3.05, 3.63) is 29.3 Å². The topological polar surface area (TPSA) is 26.7 Å². The van der Waals surface area contributed by atoms with Crippen LogP contribution in [0.3, 0.4) is 0 Å². The highest BCUT2D eigenvalue weighted by molar-refractivity contribution is 5.55. The molecule has 0 aromatic heterocycles. The minimum atomic E-state index is 0.134. The van der Waals surface area contributed by atoms with Crippen molar-refractivity contribution in [3.63, 3.8) is 0 Å². The van der Waals surface area contributed by atoms with E-state index < -0.39 is 0 Å². The maximum atomic E-state index is 9.48. The highest BCUT2D eigenvalue weighted by Gasteiger charge is 2.16. The molecule has 1 fully saturated rings. The van der Waals surface area contributed by atoms with Crippen LogP contribution in [-0.4, -0.2) is 43.2 Å². The van der Waals surface area contributed by atoms with Gasteiger partial charge in [0.1, 0.15) is 0 Å². The molecule has 1 aromatic carbocycles. The maximum Gasteiger partial charge on any atom is 0.0702 e. The lowest BCUT2D eigenvalue weighted by molar-refractivity contribution is 0.280. The van der Waals surface area contributed by atoms with Gasteiger partial charge in [-0.2, -0.15) is 0 Å². The molecule has 1 aliphatic rings. The number of anilines is 1. The first kappa shape index (κ1) is 12.4. The minimum Gasteiger partial charge on any atom is -0.392 e. The van der Waals surface area contributed by atoms with Gasteiger partial charge in [-0.25, -0.2) is 0 Å². The Bertz CT molecular complexity index is 370. The summed E-state index contributed by atoms with van der Waals surface area (Å²) in [6.45, 7) is 6.58. The van der Waals surface area contributed by atoms with Crippen LogP contribution in [0.1, 0.15) is 18.1 Å². The van der Waals surface area contributed by atoms with Crippen LogP contribution in [0.5, 0.6) is 0 Å². The van der Waals surface area contributed by atoms with E-state index in [1.807, 2.05) is 0 Å². The molecule has 1 heterocycles. The van der Waals surface area contributed by atoms with Crippen molar-refractivity contribution in [1.82, 2.24) is 4.90 Å². The third-order valence-corrected chi connectivity index (χ3v) is 3.57. The van der Waals surface area contributed by atoms with Crippen molar-refractivity contribution in [2.75, 3.05) is 38.1 Å². The number of hydrogen-bond acceptors (Lipinski definition) is 3. The van der Waals surface area contributed by atoms with Crippen LogP contribution in [0.25, 0.3) is 0 Å². The van der Waals surface area contributed by atoms with Crippen molar-refractivity contribution in [3.8, 4) is 0 Å². The van der Waals surface area contributed by atoms with Gasteiger partial charge in [-0.05, 0) is 25.1 Å². The molecule has 0 spiro atoms. The molecule has 0 aliphatic carbocycles. The van der Waals surface area contributed by atoms with E-state index in [0.717, 1.165) is 38.2 Å². The minimum absolute atomic E-state index is 0.134. The SMILES string of the molecule is CCc1ccc(N2CCN(C)CC2)c(CO)c1. The number of nitrogens with zero attached hydrogens (tertiary/aromatic N) is 2. The number of aryl methyl sites for hydroxylation is 1. The number of rotatable bonds is 3. The first-order valence-electron chi connectivity index (χ1n) is 6.40. The molecular weight excluding hydrogens is 212 g/mol. The molecule has 0 atom stereocenters. The molecule has 1 saturated heterocycles. The largest absolute Gasteiger partial charge is 0.392 e. The summed E-state index contributed by atoms with van der Waals surface area (Å²) in [5.74, 6) is 0. The predicted molar refractivity (Wildman–Crippen MR) is 71.5 cm³/mol. The monoisotopic (exact) mass is 234 g/mol. The normalized spacial score (nSPS) is 17.5. The molecular formula is C14H22N2O. The van der Waals surface area contributed by atoms with Gasteiger partial charge in [0.2, 0.25) is 0 Å². The summed E-state index contributed by atoms with van der Waals surface area (Å²) in [6.07, 6.45) is 1.02. The average Bonchev–Trinajstić information content (AvgIpc) is 2.39. The molecule has 17 heavy (non-hydrogen) atoms. The van der Waals surface area contributed by atoms with E-state index in [-0.39, 0.29) is 6.61 Å². The quantitative estimate of drug-likeness (QED) is 0.858. The van der Waals surface area contributed by atoms with Crippen LogP contribution in [-0.2, 0) is 13.0 Å². The Balaban J connectivity index is 2.19. The Morgan fingerprint density at radius 1 is 1.18 bits per heavy atom. The van der Waals surface area contributed by atoms with Gasteiger partial charge in [-0.1, -0.05) is 19.1 Å². The van der Waals surface area contributed by atoms with Crippen molar-refractivity contribution in [1.29, 1.82) is 0 Å². The van der Waals surface area contributed by atoms with Crippen LogP contribution >= 0.6 is 0 Å². The lowest BCUT2D eigenvalue weighted by atomic mass is 10.1. The van der Waals surface area contributed by atoms with Gasteiger partial charge < -0.3 is 14.9 Å². The number of likely N-dealkylation sites (N-methyl/N-ethyl adjacent to an activating group) is 1. The molecule has 0 unspecified atom stereocenters. The highest BCUT2D eigenvalue weighted by Crippen LogP contribution is 2.23. The second-order valence-electron chi connectivity index (χ2n) is 4.77. The zero-order valence-electron chi connectivity index (χ0n) is 10.8. The van der Waals surface area contributed by atoms with E-state index in [1.165, 1.54) is 11.3 Å². The third-order valence-electron chi connectivity index (χ3n) is 3.57. The van der Waals surface area contributed by atoms with Gasteiger partial charge in [-0.3, -0.25) is 0 Å².